The molecule has 2 aromatic carbocycles. The van der Waals surface area contributed by atoms with Crippen molar-refractivity contribution in [2.24, 2.45) is 0 Å². The van der Waals surface area contributed by atoms with Crippen LogP contribution in [-0.2, 0) is 17.9 Å². The second kappa shape index (κ2) is 10.3. The van der Waals surface area contributed by atoms with Gasteiger partial charge in [0.15, 0.2) is 11.5 Å². The third-order valence-corrected chi connectivity index (χ3v) is 5.44. The Hall–Kier alpha value is -2.57. The van der Waals surface area contributed by atoms with Gasteiger partial charge in [0.1, 0.15) is 6.61 Å². The van der Waals surface area contributed by atoms with E-state index < -0.39 is 5.97 Å². The molecule has 1 heterocycles. The number of hydrogen-bond acceptors (Lipinski definition) is 5. The molecule has 6 heteroatoms. The molecule has 0 spiro atoms. The predicted molar refractivity (Wildman–Crippen MR) is 112 cm³/mol. The first kappa shape index (κ1) is 21.1. The fourth-order valence-corrected chi connectivity index (χ4v) is 3.79. The van der Waals surface area contributed by atoms with Crippen LogP contribution in [0.1, 0.15) is 24.0 Å². The molecule has 1 fully saturated rings. The monoisotopic (exact) mass is 398 g/mol. The highest BCUT2D eigenvalue weighted by Crippen LogP contribution is 2.30. The molecular formula is C23H30N2O4. The normalized spacial score (nSPS) is 15.4. The van der Waals surface area contributed by atoms with E-state index in [1.807, 2.05) is 48.3 Å². The van der Waals surface area contributed by atoms with Crippen LogP contribution in [0.3, 0.4) is 0 Å². The Morgan fingerprint density at radius 1 is 1.10 bits per heavy atom. The molecule has 1 aliphatic rings. The minimum Gasteiger partial charge on any atom is -0.493 e. The maximum absolute atomic E-state index is 10.9. The number of likely N-dealkylation sites (N-methyl/N-ethyl adjacent to an activating group) is 1. The zero-order valence-corrected chi connectivity index (χ0v) is 17.2. The van der Waals surface area contributed by atoms with E-state index in [0.29, 0.717) is 12.6 Å². The van der Waals surface area contributed by atoms with Crippen molar-refractivity contribution in [3.8, 4) is 11.5 Å². The van der Waals surface area contributed by atoms with Crippen molar-refractivity contribution in [2.45, 2.75) is 32.0 Å². The predicted octanol–water partition coefficient (Wildman–Crippen LogP) is 3.26. The third kappa shape index (κ3) is 6.21. The van der Waals surface area contributed by atoms with Gasteiger partial charge >= 0.3 is 5.97 Å². The lowest BCUT2D eigenvalue weighted by molar-refractivity contribution is -0.138. The van der Waals surface area contributed by atoms with Gasteiger partial charge in [-0.25, -0.2) is 0 Å². The summed E-state index contributed by atoms with van der Waals surface area (Å²) in [6, 6.07) is 16.5. The highest BCUT2D eigenvalue weighted by atomic mass is 16.5. The Bertz CT molecular complexity index is 789. The summed E-state index contributed by atoms with van der Waals surface area (Å²) in [5.74, 6) is 0.722. The summed E-state index contributed by atoms with van der Waals surface area (Å²) in [5.41, 5.74) is 2.30. The fraction of sp³-hybridized carbons (Fsp3) is 0.435. The Morgan fingerprint density at radius 3 is 2.48 bits per heavy atom. The molecule has 156 valence electrons. The Kier molecular flexibility index (Phi) is 7.49. The molecule has 0 bridgehead atoms. The van der Waals surface area contributed by atoms with Crippen LogP contribution < -0.4 is 9.47 Å². The molecule has 0 unspecified atom stereocenters. The van der Waals surface area contributed by atoms with Gasteiger partial charge in [-0.2, -0.15) is 0 Å². The van der Waals surface area contributed by atoms with Crippen LogP contribution in [0.4, 0.5) is 0 Å². The van der Waals surface area contributed by atoms with E-state index in [1.54, 1.807) is 7.11 Å². The lowest BCUT2D eigenvalue weighted by Gasteiger charge is -2.36. The molecule has 1 aliphatic heterocycles. The van der Waals surface area contributed by atoms with E-state index in [9.17, 15) is 4.79 Å². The largest absolute Gasteiger partial charge is 0.493 e. The molecule has 29 heavy (non-hydrogen) atoms. The number of aliphatic carboxylic acids is 1. The Labute approximate surface area is 172 Å². The quantitative estimate of drug-likeness (QED) is 0.700. The minimum absolute atomic E-state index is 0.102. The fourth-order valence-electron chi connectivity index (χ4n) is 3.79. The molecule has 0 aliphatic carbocycles. The van der Waals surface area contributed by atoms with Crippen molar-refractivity contribution < 1.29 is 19.4 Å². The van der Waals surface area contributed by atoms with Crippen molar-refractivity contribution in [3.05, 3.63) is 59.7 Å². The van der Waals surface area contributed by atoms with Crippen LogP contribution in [-0.4, -0.2) is 60.7 Å². The number of ether oxygens (including phenoxy) is 2. The summed E-state index contributed by atoms with van der Waals surface area (Å²) in [6.07, 6.45) is 1.97. The van der Waals surface area contributed by atoms with Crippen molar-refractivity contribution in [1.29, 1.82) is 0 Å². The first-order chi connectivity index (χ1) is 14.0. The van der Waals surface area contributed by atoms with Crippen molar-refractivity contribution in [2.75, 3.05) is 33.8 Å². The van der Waals surface area contributed by atoms with E-state index in [0.717, 1.165) is 49.5 Å². The molecule has 0 saturated carbocycles. The van der Waals surface area contributed by atoms with E-state index >= 15 is 0 Å². The summed E-state index contributed by atoms with van der Waals surface area (Å²) in [6.45, 7) is 3.37. The maximum Gasteiger partial charge on any atom is 0.317 e. The zero-order chi connectivity index (χ0) is 20.6. The van der Waals surface area contributed by atoms with Crippen LogP contribution in [0.15, 0.2) is 48.5 Å². The SMILES string of the molecule is COc1ccc(CN2CCC(N(C)CC(=O)O)CC2)cc1OCc1ccccc1. The Balaban J connectivity index is 1.56. The highest BCUT2D eigenvalue weighted by Gasteiger charge is 2.23. The molecule has 3 rings (SSSR count). The summed E-state index contributed by atoms with van der Waals surface area (Å²) in [5, 5.41) is 8.97. The van der Waals surface area contributed by atoms with E-state index in [4.69, 9.17) is 14.6 Å². The van der Waals surface area contributed by atoms with Gasteiger partial charge < -0.3 is 14.6 Å². The van der Waals surface area contributed by atoms with Crippen LogP contribution >= 0.6 is 0 Å². The molecule has 6 nitrogen and oxygen atoms in total. The van der Waals surface area contributed by atoms with Crippen LogP contribution in [0.2, 0.25) is 0 Å². The van der Waals surface area contributed by atoms with Crippen LogP contribution in [0.25, 0.3) is 0 Å². The lowest BCUT2D eigenvalue weighted by atomic mass is 10.0. The average molecular weight is 399 g/mol. The van der Waals surface area contributed by atoms with E-state index in [1.165, 1.54) is 5.56 Å². The van der Waals surface area contributed by atoms with E-state index in [-0.39, 0.29) is 6.54 Å². The van der Waals surface area contributed by atoms with Crippen molar-refractivity contribution in [1.82, 2.24) is 9.80 Å². The number of nitrogens with zero attached hydrogens (tertiary/aromatic N) is 2. The number of piperidine rings is 1. The van der Waals surface area contributed by atoms with Gasteiger partial charge in [-0.05, 0) is 56.2 Å². The number of carbonyl (C=O) groups is 1. The second-order valence-electron chi connectivity index (χ2n) is 7.58. The number of hydrogen-bond donors (Lipinski definition) is 1. The molecule has 0 atom stereocenters. The van der Waals surface area contributed by atoms with Gasteiger partial charge in [0.25, 0.3) is 0 Å². The lowest BCUT2D eigenvalue weighted by Crippen LogP contribution is -2.44. The smallest absolute Gasteiger partial charge is 0.317 e. The van der Waals surface area contributed by atoms with Gasteiger partial charge in [0.2, 0.25) is 0 Å². The van der Waals surface area contributed by atoms with Crippen LogP contribution in [0.5, 0.6) is 11.5 Å². The van der Waals surface area contributed by atoms with Gasteiger partial charge in [-0.1, -0.05) is 36.4 Å². The molecule has 1 N–H and O–H groups in total. The summed E-state index contributed by atoms with van der Waals surface area (Å²) in [7, 11) is 3.55. The average Bonchev–Trinajstić information content (AvgIpc) is 2.73. The first-order valence-corrected chi connectivity index (χ1v) is 10.0. The van der Waals surface area contributed by atoms with Gasteiger partial charge in [-0.15, -0.1) is 0 Å². The van der Waals surface area contributed by atoms with Crippen LogP contribution in [0, 0.1) is 0 Å². The molecule has 0 radical (unpaired) electrons. The molecule has 0 aromatic heterocycles. The molecule has 2 aromatic rings. The third-order valence-electron chi connectivity index (χ3n) is 5.44. The minimum atomic E-state index is -0.767. The van der Waals surface area contributed by atoms with Crippen molar-refractivity contribution in [3.63, 3.8) is 0 Å². The van der Waals surface area contributed by atoms with Crippen molar-refractivity contribution >= 4 is 5.97 Å². The molecule has 0 amide bonds. The molecule has 1 saturated heterocycles. The Morgan fingerprint density at radius 2 is 1.83 bits per heavy atom. The topological polar surface area (TPSA) is 62.2 Å². The number of rotatable bonds is 9. The number of carboxylic acid groups (broad SMARTS) is 1. The van der Waals surface area contributed by atoms with E-state index in [2.05, 4.69) is 17.0 Å². The van der Waals surface area contributed by atoms with Gasteiger partial charge in [-0.3, -0.25) is 14.6 Å². The zero-order valence-electron chi connectivity index (χ0n) is 17.2. The van der Waals surface area contributed by atoms with Gasteiger partial charge in [0, 0.05) is 12.6 Å². The highest BCUT2D eigenvalue weighted by molar-refractivity contribution is 5.69. The number of methoxy groups -OCH3 is 1. The summed E-state index contributed by atoms with van der Waals surface area (Å²) in [4.78, 5) is 15.3. The second-order valence-corrected chi connectivity index (χ2v) is 7.58. The molecular weight excluding hydrogens is 368 g/mol. The number of benzene rings is 2. The maximum atomic E-state index is 10.9. The first-order valence-electron chi connectivity index (χ1n) is 10.0. The van der Waals surface area contributed by atoms with Gasteiger partial charge in [0.05, 0.1) is 13.7 Å². The standard InChI is InChI=1S/C23H30N2O4/c1-24(16-23(26)27)20-10-12-25(13-11-20)15-19-8-9-21(28-2)22(14-19)29-17-18-6-4-3-5-7-18/h3-9,14,20H,10-13,15-17H2,1-2H3,(H,26,27). The summed E-state index contributed by atoms with van der Waals surface area (Å²) >= 11 is 0. The number of likely N-dealkylation sites (tertiary alicyclic amines) is 1. The number of carboxylic acids is 1. The summed E-state index contributed by atoms with van der Waals surface area (Å²) < 4.78 is 11.5.